The van der Waals surface area contributed by atoms with Gasteiger partial charge in [0.05, 0.1) is 10.5 Å². The number of fused-ring (bicyclic) bond motifs is 1. The van der Waals surface area contributed by atoms with Gasteiger partial charge in [-0.3, -0.25) is 9.10 Å². The molecule has 2 aromatic carbocycles. The van der Waals surface area contributed by atoms with E-state index in [1.54, 1.807) is 0 Å². The third-order valence-corrected chi connectivity index (χ3v) is 5.72. The van der Waals surface area contributed by atoms with Crippen molar-refractivity contribution in [2.24, 2.45) is 0 Å². The summed E-state index contributed by atoms with van der Waals surface area (Å²) >= 11 is 0. The highest BCUT2D eigenvalue weighted by molar-refractivity contribution is 7.89. The fraction of sp³-hybridized carbons (Fsp3) is 0.0588. The molecule has 0 spiro atoms. The average molecular weight is 359 g/mol. The molecule has 0 fully saturated rings. The molecular weight excluding hydrogens is 346 g/mol. The number of Topliss-reactive ketones (excluding diaryl/α,β-unsaturated/α-hetero) is 1. The molecule has 8 heteroatoms. The molecule has 25 heavy (non-hydrogen) atoms. The third-order valence-electron chi connectivity index (χ3n) is 3.91. The van der Waals surface area contributed by atoms with Gasteiger partial charge in [0.2, 0.25) is 5.78 Å². The first-order valence-electron chi connectivity index (χ1n) is 7.15. The summed E-state index contributed by atoms with van der Waals surface area (Å²) in [7, 11) is -2.84. The van der Waals surface area contributed by atoms with Crippen LogP contribution in [0.2, 0.25) is 0 Å². The Balaban J connectivity index is 2.26. The molecule has 0 atom stereocenters. The van der Waals surface area contributed by atoms with Gasteiger partial charge in [0, 0.05) is 18.2 Å². The number of carbonyl (C=O) groups excluding carboxylic acids is 1. The Morgan fingerprint density at radius 3 is 2.32 bits per heavy atom. The Morgan fingerprint density at radius 1 is 1.00 bits per heavy atom. The number of likely N-dealkylation sites (N-methyl/N-ethyl adjacent to an activating group) is 1. The second-order valence-corrected chi connectivity index (χ2v) is 7.32. The zero-order valence-corrected chi connectivity index (χ0v) is 13.8. The van der Waals surface area contributed by atoms with E-state index in [-0.39, 0.29) is 21.6 Å². The highest BCUT2D eigenvalue weighted by atomic mass is 32.2. The van der Waals surface area contributed by atoms with Crippen LogP contribution in [0, 0.1) is 0 Å². The molecule has 1 heterocycles. The standard InChI is InChI=1S/C17H13NO6S/c1-18-14(15(19)10-5-4-6-11(9-10)17(21)22)16(20)12-7-2-3-8-13(12)25(18,23)24/h2-9,19H,1H3,(H,21,22). The van der Waals surface area contributed by atoms with Crippen molar-refractivity contribution in [3.05, 3.63) is 70.9 Å². The summed E-state index contributed by atoms with van der Waals surface area (Å²) in [6.07, 6.45) is 0. The first kappa shape index (κ1) is 16.7. The van der Waals surface area contributed by atoms with E-state index < -0.39 is 33.2 Å². The van der Waals surface area contributed by atoms with E-state index in [1.165, 1.54) is 48.5 Å². The van der Waals surface area contributed by atoms with Crippen LogP contribution in [0.4, 0.5) is 0 Å². The zero-order valence-electron chi connectivity index (χ0n) is 13.0. The minimum atomic E-state index is -4.00. The Bertz CT molecular complexity index is 1040. The number of carboxylic acid groups (broad SMARTS) is 1. The zero-order chi connectivity index (χ0) is 18.4. The minimum Gasteiger partial charge on any atom is -0.505 e. The van der Waals surface area contributed by atoms with Gasteiger partial charge in [-0.2, -0.15) is 0 Å². The molecule has 2 N–H and O–H groups in total. The number of allylic oxidation sites excluding steroid dienone is 1. The molecule has 0 saturated heterocycles. The summed E-state index contributed by atoms with van der Waals surface area (Å²) in [4.78, 5) is 23.6. The van der Waals surface area contributed by atoms with Gasteiger partial charge in [0.1, 0.15) is 5.70 Å². The summed E-state index contributed by atoms with van der Waals surface area (Å²) < 4.78 is 25.9. The molecule has 1 aliphatic rings. The molecule has 0 aliphatic carbocycles. The van der Waals surface area contributed by atoms with Crippen LogP contribution in [0.1, 0.15) is 26.3 Å². The van der Waals surface area contributed by atoms with Gasteiger partial charge >= 0.3 is 5.97 Å². The molecule has 0 unspecified atom stereocenters. The highest BCUT2D eigenvalue weighted by Crippen LogP contribution is 2.34. The number of hydrogen-bond donors (Lipinski definition) is 2. The summed E-state index contributed by atoms with van der Waals surface area (Å²) in [5.74, 6) is -2.47. The van der Waals surface area contributed by atoms with Crippen molar-refractivity contribution in [3.63, 3.8) is 0 Å². The van der Waals surface area contributed by atoms with E-state index in [1.807, 2.05) is 0 Å². The number of hydrogen-bond acceptors (Lipinski definition) is 5. The summed E-state index contributed by atoms with van der Waals surface area (Å²) in [5, 5.41) is 19.6. The maximum absolute atomic E-state index is 12.7. The summed E-state index contributed by atoms with van der Waals surface area (Å²) in [6, 6.07) is 11.0. The normalized spacial score (nSPS) is 17.8. The van der Waals surface area contributed by atoms with Gasteiger partial charge in [0.25, 0.3) is 10.0 Å². The fourth-order valence-electron chi connectivity index (χ4n) is 2.61. The molecule has 2 aromatic rings. The molecule has 128 valence electrons. The second kappa shape index (κ2) is 5.75. The highest BCUT2D eigenvalue weighted by Gasteiger charge is 2.39. The van der Waals surface area contributed by atoms with Crippen LogP contribution in [0.15, 0.2) is 59.1 Å². The molecule has 0 radical (unpaired) electrons. The maximum atomic E-state index is 12.7. The van der Waals surface area contributed by atoms with E-state index in [9.17, 15) is 23.1 Å². The monoisotopic (exact) mass is 359 g/mol. The largest absolute Gasteiger partial charge is 0.505 e. The number of carbonyl (C=O) groups is 2. The molecule has 3 rings (SSSR count). The number of benzene rings is 2. The molecule has 0 saturated carbocycles. The van der Waals surface area contributed by atoms with Crippen molar-refractivity contribution in [2.45, 2.75) is 4.90 Å². The van der Waals surface area contributed by atoms with Crippen molar-refractivity contribution >= 4 is 27.5 Å². The molecule has 7 nitrogen and oxygen atoms in total. The number of ketones is 1. The summed E-state index contributed by atoms with van der Waals surface area (Å²) in [5.41, 5.74) is -0.540. The van der Waals surface area contributed by atoms with Gasteiger partial charge in [-0.05, 0) is 24.3 Å². The topological polar surface area (TPSA) is 112 Å². The lowest BCUT2D eigenvalue weighted by atomic mass is 10.0. The molecule has 0 aromatic heterocycles. The van der Waals surface area contributed by atoms with Crippen molar-refractivity contribution in [2.75, 3.05) is 7.05 Å². The Morgan fingerprint density at radius 2 is 1.64 bits per heavy atom. The minimum absolute atomic E-state index is 0.0321. The fourth-order valence-corrected chi connectivity index (χ4v) is 4.00. The average Bonchev–Trinajstić information content (AvgIpc) is 2.60. The number of carboxylic acids is 1. The Labute approximate surface area is 143 Å². The van der Waals surface area contributed by atoms with E-state index >= 15 is 0 Å². The summed E-state index contributed by atoms with van der Waals surface area (Å²) in [6.45, 7) is 0. The number of nitrogens with zero attached hydrogens (tertiary/aromatic N) is 1. The first-order valence-corrected chi connectivity index (χ1v) is 8.59. The van der Waals surface area contributed by atoms with E-state index in [0.29, 0.717) is 4.31 Å². The smallest absolute Gasteiger partial charge is 0.335 e. The lowest BCUT2D eigenvalue weighted by molar-refractivity contribution is 0.0696. The Hall–Kier alpha value is -3.13. The first-order chi connectivity index (χ1) is 11.7. The number of aliphatic hydroxyl groups excluding tert-OH is 1. The van der Waals surface area contributed by atoms with Crippen molar-refractivity contribution in [1.82, 2.24) is 4.31 Å². The SMILES string of the molecule is CN1C(=C(O)c2cccc(C(=O)O)c2)C(=O)c2ccccc2S1(=O)=O. The number of aliphatic hydroxyl groups is 1. The molecular formula is C17H13NO6S. The van der Waals surface area contributed by atoms with Crippen molar-refractivity contribution in [1.29, 1.82) is 0 Å². The lowest BCUT2D eigenvalue weighted by Crippen LogP contribution is -2.37. The van der Waals surface area contributed by atoms with Crippen molar-refractivity contribution in [3.8, 4) is 0 Å². The van der Waals surface area contributed by atoms with Gasteiger partial charge in [-0.1, -0.05) is 24.3 Å². The van der Waals surface area contributed by atoms with Crippen molar-refractivity contribution < 1.29 is 28.2 Å². The van der Waals surface area contributed by atoms with Crippen LogP contribution < -0.4 is 0 Å². The van der Waals surface area contributed by atoms with Crippen LogP contribution in [-0.4, -0.2) is 41.7 Å². The predicted molar refractivity (Wildman–Crippen MR) is 88.7 cm³/mol. The third kappa shape index (κ3) is 2.56. The van der Waals surface area contributed by atoms with Crippen LogP contribution in [0.25, 0.3) is 5.76 Å². The van der Waals surface area contributed by atoms with Crippen LogP contribution >= 0.6 is 0 Å². The second-order valence-electron chi connectivity index (χ2n) is 5.38. The number of aromatic carboxylic acids is 1. The Kier molecular flexibility index (Phi) is 3.84. The van der Waals surface area contributed by atoms with E-state index in [0.717, 1.165) is 7.05 Å². The number of sulfonamides is 1. The van der Waals surface area contributed by atoms with Crippen LogP contribution in [-0.2, 0) is 10.0 Å². The molecule has 0 bridgehead atoms. The van der Waals surface area contributed by atoms with Crippen LogP contribution in [0.5, 0.6) is 0 Å². The van der Waals surface area contributed by atoms with Gasteiger partial charge in [0.15, 0.2) is 5.76 Å². The number of rotatable bonds is 2. The van der Waals surface area contributed by atoms with Crippen LogP contribution in [0.3, 0.4) is 0 Å². The molecule has 1 aliphatic heterocycles. The van der Waals surface area contributed by atoms with E-state index in [2.05, 4.69) is 0 Å². The maximum Gasteiger partial charge on any atom is 0.335 e. The lowest BCUT2D eigenvalue weighted by Gasteiger charge is -2.28. The van der Waals surface area contributed by atoms with E-state index in [4.69, 9.17) is 5.11 Å². The molecule has 0 amide bonds. The van der Waals surface area contributed by atoms with Gasteiger partial charge in [-0.25, -0.2) is 13.2 Å². The predicted octanol–water partition coefficient (Wildman–Crippen LogP) is 2.13. The van der Waals surface area contributed by atoms with Gasteiger partial charge < -0.3 is 10.2 Å². The quantitative estimate of drug-likeness (QED) is 0.627. The van der Waals surface area contributed by atoms with Gasteiger partial charge in [-0.15, -0.1) is 0 Å².